The van der Waals surface area contributed by atoms with Crippen LogP contribution in [-0.4, -0.2) is 30.9 Å². The Morgan fingerprint density at radius 2 is 1.96 bits per heavy atom. The molecular weight excluding hydrogens is 358 g/mol. The minimum Gasteiger partial charge on any atom is -0.376 e. The number of alkyl halides is 2. The molecule has 1 aliphatic heterocycles. The van der Waals surface area contributed by atoms with Gasteiger partial charge < -0.3 is 15.4 Å². The van der Waals surface area contributed by atoms with E-state index in [2.05, 4.69) is 10.6 Å². The van der Waals surface area contributed by atoms with Gasteiger partial charge in [0.15, 0.2) is 0 Å². The smallest absolute Gasteiger partial charge is 0.288 e. The number of hydrogen-bond donors (Lipinski definition) is 2. The molecule has 1 saturated heterocycles. The minimum absolute atomic E-state index is 0.0824. The molecule has 1 unspecified atom stereocenters. The first-order valence-electron chi connectivity index (χ1n) is 8.42. The van der Waals surface area contributed by atoms with Crippen LogP contribution in [0.4, 0.5) is 20.2 Å². The fourth-order valence-electron chi connectivity index (χ4n) is 2.77. The van der Waals surface area contributed by atoms with Crippen LogP contribution in [0.5, 0.6) is 0 Å². The number of thioether (sulfide) groups is 1. The summed E-state index contributed by atoms with van der Waals surface area (Å²) < 4.78 is 30.3. The van der Waals surface area contributed by atoms with E-state index in [-0.39, 0.29) is 12.0 Å². The first-order chi connectivity index (χ1) is 12.6. The zero-order valence-electron chi connectivity index (χ0n) is 14.1. The van der Waals surface area contributed by atoms with Gasteiger partial charge in [-0.2, -0.15) is 8.78 Å². The van der Waals surface area contributed by atoms with Crippen LogP contribution in [0.1, 0.15) is 23.2 Å². The lowest BCUT2D eigenvalue weighted by Gasteiger charge is -2.14. The third-order valence-corrected chi connectivity index (χ3v) is 4.77. The molecule has 0 saturated carbocycles. The third kappa shape index (κ3) is 5.19. The second kappa shape index (κ2) is 9.00. The van der Waals surface area contributed by atoms with Crippen LogP contribution in [0.2, 0.25) is 0 Å². The van der Waals surface area contributed by atoms with E-state index in [9.17, 15) is 13.6 Å². The van der Waals surface area contributed by atoms with Gasteiger partial charge in [0, 0.05) is 23.7 Å². The lowest BCUT2D eigenvalue weighted by Crippen LogP contribution is -2.32. The van der Waals surface area contributed by atoms with Crippen molar-refractivity contribution in [3.05, 3.63) is 54.1 Å². The summed E-state index contributed by atoms with van der Waals surface area (Å²) in [6.45, 7) is 1.24. The molecule has 0 radical (unpaired) electrons. The number of anilines is 2. The highest BCUT2D eigenvalue weighted by molar-refractivity contribution is 7.99. The van der Waals surface area contributed by atoms with Crippen molar-refractivity contribution in [3.8, 4) is 0 Å². The Kier molecular flexibility index (Phi) is 6.46. The number of hydrogen-bond acceptors (Lipinski definition) is 4. The summed E-state index contributed by atoms with van der Waals surface area (Å²) in [6, 6.07) is 13.9. The monoisotopic (exact) mass is 378 g/mol. The van der Waals surface area contributed by atoms with E-state index in [1.807, 2.05) is 12.1 Å². The minimum atomic E-state index is -2.44. The molecule has 26 heavy (non-hydrogen) atoms. The summed E-state index contributed by atoms with van der Waals surface area (Å²) in [7, 11) is 0. The van der Waals surface area contributed by atoms with Crippen molar-refractivity contribution in [1.82, 2.24) is 5.32 Å². The van der Waals surface area contributed by atoms with Gasteiger partial charge in [-0.25, -0.2) is 0 Å². The van der Waals surface area contributed by atoms with E-state index in [0.717, 1.165) is 25.1 Å². The molecule has 1 atom stereocenters. The first-order valence-corrected chi connectivity index (χ1v) is 9.30. The Hall–Kier alpha value is -2.12. The molecule has 4 nitrogen and oxygen atoms in total. The maximum absolute atomic E-state index is 12.5. The van der Waals surface area contributed by atoms with Crippen LogP contribution in [0.3, 0.4) is 0 Å². The number of rotatable bonds is 7. The molecular formula is C19H20F2N2O2S. The fraction of sp³-hybridized carbons (Fsp3) is 0.316. The third-order valence-electron chi connectivity index (χ3n) is 4.04. The van der Waals surface area contributed by atoms with Crippen molar-refractivity contribution in [1.29, 1.82) is 0 Å². The number of amides is 1. The first kappa shape index (κ1) is 18.7. The van der Waals surface area contributed by atoms with Crippen molar-refractivity contribution in [3.63, 3.8) is 0 Å². The van der Waals surface area contributed by atoms with Crippen LogP contribution in [-0.2, 0) is 4.74 Å². The number of benzene rings is 2. The SMILES string of the molecule is O=C(NCC1CCCO1)c1ccccc1Nc1ccc(SC(F)F)cc1. The number of halogens is 2. The maximum Gasteiger partial charge on any atom is 0.288 e. The van der Waals surface area contributed by atoms with Gasteiger partial charge in [-0.05, 0) is 49.2 Å². The van der Waals surface area contributed by atoms with Gasteiger partial charge in [0.05, 0.1) is 17.4 Å². The van der Waals surface area contributed by atoms with Crippen molar-refractivity contribution in [2.45, 2.75) is 29.6 Å². The molecule has 0 spiro atoms. The molecule has 7 heteroatoms. The molecule has 2 aromatic rings. The Bertz CT molecular complexity index is 735. The topological polar surface area (TPSA) is 50.4 Å². The molecule has 1 amide bonds. The van der Waals surface area contributed by atoms with Gasteiger partial charge in [-0.3, -0.25) is 4.79 Å². The molecule has 0 aromatic heterocycles. The lowest BCUT2D eigenvalue weighted by molar-refractivity contribution is 0.0858. The van der Waals surface area contributed by atoms with Gasteiger partial charge >= 0.3 is 0 Å². The summed E-state index contributed by atoms with van der Waals surface area (Å²) in [5, 5.41) is 6.08. The molecule has 0 bridgehead atoms. The Labute approximate surface area is 155 Å². The van der Waals surface area contributed by atoms with E-state index in [1.165, 1.54) is 0 Å². The van der Waals surface area contributed by atoms with Gasteiger partial charge in [-0.1, -0.05) is 23.9 Å². The highest BCUT2D eigenvalue weighted by atomic mass is 32.2. The molecule has 1 aliphatic rings. The van der Waals surface area contributed by atoms with E-state index in [1.54, 1.807) is 36.4 Å². The quantitative estimate of drug-likeness (QED) is 0.689. The van der Waals surface area contributed by atoms with Crippen LogP contribution in [0.25, 0.3) is 0 Å². The van der Waals surface area contributed by atoms with Crippen molar-refractivity contribution >= 4 is 29.0 Å². The van der Waals surface area contributed by atoms with Gasteiger partial charge in [0.1, 0.15) is 0 Å². The van der Waals surface area contributed by atoms with Crippen molar-refractivity contribution < 1.29 is 18.3 Å². The fourth-order valence-corrected chi connectivity index (χ4v) is 3.27. The molecule has 2 N–H and O–H groups in total. The van der Waals surface area contributed by atoms with Gasteiger partial charge in [0.2, 0.25) is 0 Å². The predicted molar refractivity (Wildman–Crippen MR) is 99.3 cm³/mol. The number of para-hydroxylation sites is 1. The number of carbonyl (C=O) groups is 1. The molecule has 1 fully saturated rings. The second-order valence-corrected chi connectivity index (χ2v) is 6.98. The van der Waals surface area contributed by atoms with E-state index < -0.39 is 5.76 Å². The zero-order chi connectivity index (χ0) is 18.4. The van der Waals surface area contributed by atoms with Crippen molar-refractivity contribution in [2.75, 3.05) is 18.5 Å². The summed E-state index contributed by atoms with van der Waals surface area (Å²) in [6.07, 6.45) is 2.07. The number of nitrogens with one attached hydrogen (secondary N) is 2. The highest BCUT2D eigenvalue weighted by Crippen LogP contribution is 2.28. The van der Waals surface area contributed by atoms with Crippen LogP contribution >= 0.6 is 11.8 Å². The summed E-state index contributed by atoms with van der Waals surface area (Å²) in [5.74, 6) is -2.62. The molecule has 138 valence electrons. The Morgan fingerprint density at radius 1 is 1.19 bits per heavy atom. The van der Waals surface area contributed by atoms with E-state index in [0.29, 0.717) is 34.5 Å². The Morgan fingerprint density at radius 3 is 2.65 bits per heavy atom. The molecule has 3 rings (SSSR count). The standard InChI is InChI=1S/C19H20F2N2O2S/c20-19(21)26-15-9-7-13(8-10-15)23-17-6-2-1-5-16(17)18(24)22-12-14-4-3-11-25-14/h1-2,5-10,14,19,23H,3-4,11-12H2,(H,22,24). The van der Waals surface area contributed by atoms with Gasteiger partial charge in [-0.15, -0.1) is 0 Å². The highest BCUT2D eigenvalue weighted by Gasteiger charge is 2.18. The molecule has 1 heterocycles. The average molecular weight is 378 g/mol. The summed E-state index contributed by atoms with van der Waals surface area (Å²) in [4.78, 5) is 13.0. The van der Waals surface area contributed by atoms with E-state index >= 15 is 0 Å². The Balaban J connectivity index is 1.65. The lowest BCUT2D eigenvalue weighted by atomic mass is 10.1. The largest absolute Gasteiger partial charge is 0.376 e. The second-order valence-electron chi connectivity index (χ2n) is 5.92. The molecule has 2 aromatic carbocycles. The molecule has 0 aliphatic carbocycles. The van der Waals surface area contributed by atoms with Crippen LogP contribution < -0.4 is 10.6 Å². The summed E-state index contributed by atoms with van der Waals surface area (Å²) >= 11 is 0.503. The number of ether oxygens (including phenoxy) is 1. The van der Waals surface area contributed by atoms with Crippen LogP contribution in [0, 0.1) is 0 Å². The van der Waals surface area contributed by atoms with Crippen molar-refractivity contribution in [2.24, 2.45) is 0 Å². The zero-order valence-corrected chi connectivity index (χ0v) is 14.9. The average Bonchev–Trinajstić information content (AvgIpc) is 3.15. The predicted octanol–water partition coefficient (Wildman–Crippen LogP) is 4.65. The normalized spacial score (nSPS) is 16.7. The van der Waals surface area contributed by atoms with E-state index in [4.69, 9.17) is 4.74 Å². The summed E-state index contributed by atoms with van der Waals surface area (Å²) in [5.41, 5.74) is 1.91. The number of carbonyl (C=O) groups excluding carboxylic acids is 1. The van der Waals surface area contributed by atoms with Crippen LogP contribution in [0.15, 0.2) is 53.4 Å². The van der Waals surface area contributed by atoms with Gasteiger partial charge in [0.25, 0.3) is 11.7 Å². The maximum atomic E-state index is 12.5.